The second-order valence-electron chi connectivity index (χ2n) is 4.31. The number of nitro groups is 1. The van der Waals surface area contributed by atoms with Crippen LogP contribution in [0.3, 0.4) is 0 Å². The van der Waals surface area contributed by atoms with E-state index < -0.39 is 22.2 Å². The van der Waals surface area contributed by atoms with Crippen molar-refractivity contribution in [1.82, 2.24) is 0 Å². The molecular weight excluding hydrogens is 266 g/mol. The number of halogens is 2. The van der Waals surface area contributed by atoms with E-state index in [0.29, 0.717) is 5.69 Å². The molecule has 0 saturated heterocycles. The van der Waals surface area contributed by atoms with Crippen LogP contribution >= 0.6 is 0 Å². The Bertz CT molecular complexity index is 647. The topological polar surface area (TPSA) is 46.4 Å². The van der Waals surface area contributed by atoms with Crippen molar-refractivity contribution in [3.05, 3.63) is 69.8 Å². The third-order valence-electron chi connectivity index (χ3n) is 2.93. The largest absolute Gasteiger partial charge is 0.368 e. The molecule has 0 aliphatic heterocycles. The van der Waals surface area contributed by atoms with Crippen molar-refractivity contribution in [3.63, 3.8) is 0 Å². The lowest BCUT2D eigenvalue weighted by Gasteiger charge is -2.20. The van der Waals surface area contributed by atoms with Crippen molar-refractivity contribution in [2.75, 3.05) is 11.9 Å². The summed E-state index contributed by atoms with van der Waals surface area (Å²) in [5.41, 5.74) is -0.132. The van der Waals surface area contributed by atoms with Gasteiger partial charge in [-0.1, -0.05) is 24.3 Å². The molecule has 0 radical (unpaired) electrons. The van der Waals surface area contributed by atoms with Gasteiger partial charge in [-0.25, -0.2) is 4.39 Å². The van der Waals surface area contributed by atoms with Crippen LogP contribution in [0, 0.1) is 21.7 Å². The molecule has 0 bridgehead atoms. The molecule has 4 nitrogen and oxygen atoms in total. The zero-order chi connectivity index (χ0) is 14.7. The summed E-state index contributed by atoms with van der Waals surface area (Å²) in [7, 11) is 1.59. The van der Waals surface area contributed by atoms with Gasteiger partial charge in [-0.3, -0.25) is 10.1 Å². The van der Waals surface area contributed by atoms with E-state index in [1.165, 1.54) is 23.1 Å². The van der Waals surface area contributed by atoms with Crippen molar-refractivity contribution in [1.29, 1.82) is 0 Å². The van der Waals surface area contributed by atoms with Gasteiger partial charge in [0.1, 0.15) is 5.82 Å². The predicted octanol–water partition coefficient (Wildman–Crippen LogP) is 3.51. The van der Waals surface area contributed by atoms with E-state index in [1.54, 1.807) is 25.2 Å². The van der Waals surface area contributed by atoms with Crippen molar-refractivity contribution in [2.24, 2.45) is 0 Å². The molecule has 0 saturated carbocycles. The van der Waals surface area contributed by atoms with Crippen molar-refractivity contribution < 1.29 is 13.7 Å². The fourth-order valence-electron chi connectivity index (χ4n) is 1.93. The predicted molar refractivity (Wildman–Crippen MR) is 71.6 cm³/mol. The lowest BCUT2D eigenvalue weighted by atomic mass is 10.1. The third-order valence-corrected chi connectivity index (χ3v) is 2.93. The number of anilines is 1. The highest BCUT2D eigenvalue weighted by Crippen LogP contribution is 2.24. The summed E-state index contributed by atoms with van der Waals surface area (Å²) in [6.07, 6.45) is 0. The van der Waals surface area contributed by atoms with Crippen LogP contribution in [0.4, 0.5) is 20.2 Å². The zero-order valence-corrected chi connectivity index (χ0v) is 10.7. The fraction of sp³-hybridized carbons (Fsp3) is 0.143. The minimum atomic E-state index is -0.888. The highest BCUT2D eigenvalue weighted by molar-refractivity contribution is 5.48. The van der Waals surface area contributed by atoms with E-state index >= 15 is 0 Å². The molecule has 6 heteroatoms. The molecular formula is C14H12F2N2O2. The Morgan fingerprint density at radius 1 is 1.15 bits per heavy atom. The molecule has 20 heavy (non-hydrogen) atoms. The van der Waals surface area contributed by atoms with E-state index in [0.717, 1.165) is 6.07 Å². The number of para-hydroxylation sites is 1. The Morgan fingerprint density at radius 2 is 1.85 bits per heavy atom. The SMILES string of the molecule is CN(Cc1cccc([N+](=O)[O-])c1F)c1ccccc1F. The van der Waals surface area contributed by atoms with Gasteiger partial charge in [0.2, 0.25) is 5.82 Å². The van der Waals surface area contributed by atoms with Crippen LogP contribution in [-0.2, 0) is 6.54 Å². The first kappa shape index (κ1) is 13.9. The van der Waals surface area contributed by atoms with E-state index in [2.05, 4.69) is 0 Å². The Hall–Kier alpha value is -2.50. The maximum absolute atomic E-state index is 13.9. The average Bonchev–Trinajstić information content (AvgIpc) is 2.41. The van der Waals surface area contributed by atoms with E-state index in [1.807, 2.05) is 0 Å². The third kappa shape index (κ3) is 2.74. The van der Waals surface area contributed by atoms with Gasteiger partial charge in [-0.15, -0.1) is 0 Å². The molecule has 2 aromatic carbocycles. The highest BCUT2D eigenvalue weighted by atomic mass is 19.1. The Kier molecular flexibility index (Phi) is 3.93. The Labute approximate surface area is 114 Å². The van der Waals surface area contributed by atoms with E-state index in [9.17, 15) is 18.9 Å². The van der Waals surface area contributed by atoms with Gasteiger partial charge in [-0.05, 0) is 12.1 Å². The van der Waals surface area contributed by atoms with Crippen LogP contribution in [0.25, 0.3) is 0 Å². The van der Waals surface area contributed by atoms with Crippen molar-refractivity contribution in [3.8, 4) is 0 Å². The first-order valence-corrected chi connectivity index (χ1v) is 5.88. The maximum atomic E-state index is 13.9. The standard InChI is InChI=1S/C14H12F2N2O2/c1-17(12-7-3-2-6-11(12)15)9-10-5-4-8-13(14(10)16)18(19)20/h2-8H,9H2,1H3. The quantitative estimate of drug-likeness (QED) is 0.635. The summed E-state index contributed by atoms with van der Waals surface area (Å²) in [6, 6.07) is 10.0. The van der Waals surface area contributed by atoms with Crippen LogP contribution in [-0.4, -0.2) is 12.0 Å². The van der Waals surface area contributed by atoms with Gasteiger partial charge in [0.05, 0.1) is 10.6 Å². The number of hydrogen-bond donors (Lipinski definition) is 0. The second kappa shape index (κ2) is 5.64. The summed E-state index contributed by atoms with van der Waals surface area (Å²) >= 11 is 0. The number of nitro benzene ring substituents is 1. The van der Waals surface area contributed by atoms with Gasteiger partial charge in [0.25, 0.3) is 0 Å². The van der Waals surface area contributed by atoms with Crippen LogP contribution in [0.1, 0.15) is 5.56 Å². The minimum Gasteiger partial charge on any atom is -0.368 e. The molecule has 0 atom stereocenters. The fourth-order valence-corrected chi connectivity index (χ4v) is 1.93. The van der Waals surface area contributed by atoms with Crippen molar-refractivity contribution >= 4 is 11.4 Å². The average molecular weight is 278 g/mol. The van der Waals surface area contributed by atoms with Crippen molar-refractivity contribution in [2.45, 2.75) is 6.54 Å². The molecule has 0 aliphatic rings. The van der Waals surface area contributed by atoms with Gasteiger partial charge >= 0.3 is 5.69 Å². The molecule has 0 N–H and O–H groups in total. The molecule has 2 aromatic rings. The second-order valence-corrected chi connectivity index (χ2v) is 4.31. The molecule has 0 aromatic heterocycles. The molecule has 0 heterocycles. The number of hydrogen-bond acceptors (Lipinski definition) is 3. The normalized spacial score (nSPS) is 10.3. The smallest absolute Gasteiger partial charge is 0.305 e. The van der Waals surface area contributed by atoms with Gasteiger partial charge < -0.3 is 4.90 Å². The van der Waals surface area contributed by atoms with Gasteiger partial charge in [0.15, 0.2) is 0 Å². The molecule has 0 unspecified atom stereocenters. The number of rotatable bonds is 4. The lowest BCUT2D eigenvalue weighted by Crippen LogP contribution is -2.18. The van der Waals surface area contributed by atoms with E-state index in [4.69, 9.17) is 0 Å². The van der Waals surface area contributed by atoms with Crippen LogP contribution in [0.15, 0.2) is 42.5 Å². The molecule has 2 rings (SSSR count). The first-order valence-electron chi connectivity index (χ1n) is 5.88. The lowest BCUT2D eigenvalue weighted by molar-refractivity contribution is -0.387. The summed E-state index contributed by atoms with van der Waals surface area (Å²) in [5.74, 6) is -1.32. The van der Waals surface area contributed by atoms with Crippen LogP contribution in [0.2, 0.25) is 0 Å². The summed E-state index contributed by atoms with van der Waals surface area (Å²) in [5, 5.41) is 10.7. The highest BCUT2D eigenvalue weighted by Gasteiger charge is 2.18. The molecule has 104 valence electrons. The molecule has 0 aliphatic carbocycles. The monoisotopic (exact) mass is 278 g/mol. The van der Waals surface area contributed by atoms with Crippen LogP contribution < -0.4 is 4.90 Å². The van der Waals surface area contributed by atoms with Crippen LogP contribution in [0.5, 0.6) is 0 Å². The van der Waals surface area contributed by atoms with Gasteiger partial charge in [-0.2, -0.15) is 4.39 Å². The number of benzene rings is 2. The number of nitrogens with zero attached hydrogens (tertiary/aromatic N) is 2. The Balaban J connectivity index is 2.29. The maximum Gasteiger partial charge on any atom is 0.305 e. The molecule has 0 amide bonds. The summed E-state index contributed by atoms with van der Waals surface area (Å²) in [4.78, 5) is 11.4. The van der Waals surface area contributed by atoms with Gasteiger partial charge in [0, 0.05) is 25.2 Å². The minimum absolute atomic E-state index is 0.0362. The molecule has 0 fully saturated rings. The first-order chi connectivity index (χ1) is 9.50. The Morgan fingerprint density at radius 3 is 2.50 bits per heavy atom. The summed E-state index contributed by atoms with van der Waals surface area (Å²) in [6.45, 7) is 0.0362. The molecule has 0 spiro atoms. The van der Waals surface area contributed by atoms with E-state index in [-0.39, 0.29) is 12.1 Å². The summed E-state index contributed by atoms with van der Waals surface area (Å²) < 4.78 is 27.5. The zero-order valence-electron chi connectivity index (χ0n) is 10.7.